The zero-order chi connectivity index (χ0) is 17.7. The maximum absolute atomic E-state index is 10.8. The molecule has 5 rings (SSSR count). The maximum Gasteiger partial charge on any atom is 0.111 e. The summed E-state index contributed by atoms with van der Waals surface area (Å²) in [5, 5.41) is 10.8. The molecule has 26 heavy (non-hydrogen) atoms. The quantitative estimate of drug-likeness (QED) is 0.743. The highest BCUT2D eigenvalue weighted by atomic mass is 16.3. The zero-order valence-corrected chi connectivity index (χ0v) is 15.2. The third-order valence-corrected chi connectivity index (χ3v) is 6.13. The van der Waals surface area contributed by atoms with E-state index in [4.69, 9.17) is 4.98 Å². The van der Waals surface area contributed by atoms with Crippen LogP contribution in [0, 0.1) is 6.92 Å². The van der Waals surface area contributed by atoms with Gasteiger partial charge in [0.25, 0.3) is 0 Å². The summed E-state index contributed by atoms with van der Waals surface area (Å²) in [7, 11) is 0. The minimum absolute atomic E-state index is 0.196. The van der Waals surface area contributed by atoms with Crippen molar-refractivity contribution in [2.24, 2.45) is 0 Å². The van der Waals surface area contributed by atoms with Gasteiger partial charge < -0.3 is 10.1 Å². The molecular weight excluding hydrogens is 322 g/mol. The maximum atomic E-state index is 10.8. The van der Waals surface area contributed by atoms with E-state index in [0.717, 1.165) is 54.8 Å². The SMILES string of the molecule is Cc1ccc2nc(C3CCCN(C4Cc5ccccc5C4O)C3)[nH]c2c1. The van der Waals surface area contributed by atoms with Crippen LogP contribution in [0.25, 0.3) is 11.0 Å². The number of H-pyrrole nitrogens is 1. The summed E-state index contributed by atoms with van der Waals surface area (Å²) in [5.74, 6) is 1.51. The molecule has 2 aromatic carbocycles. The molecule has 3 atom stereocenters. The van der Waals surface area contributed by atoms with Crippen molar-refractivity contribution >= 4 is 11.0 Å². The highest BCUT2D eigenvalue weighted by Crippen LogP contribution is 2.37. The molecule has 0 amide bonds. The van der Waals surface area contributed by atoms with Gasteiger partial charge in [0.2, 0.25) is 0 Å². The standard InChI is InChI=1S/C22H25N3O/c1-14-8-9-18-19(11-14)24-22(23-18)16-6-4-10-25(13-16)20-12-15-5-2-3-7-17(15)21(20)26/h2-3,5,7-9,11,16,20-21,26H,4,6,10,12-13H2,1H3,(H,23,24). The molecule has 134 valence electrons. The summed E-state index contributed by atoms with van der Waals surface area (Å²) >= 11 is 0. The first kappa shape index (κ1) is 16.0. The number of hydrogen-bond donors (Lipinski definition) is 2. The van der Waals surface area contributed by atoms with Crippen molar-refractivity contribution in [2.45, 2.75) is 44.2 Å². The van der Waals surface area contributed by atoms with Crippen molar-refractivity contribution in [2.75, 3.05) is 13.1 Å². The Morgan fingerprint density at radius 3 is 2.96 bits per heavy atom. The second-order valence-electron chi connectivity index (χ2n) is 7.89. The summed E-state index contributed by atoms with van der Waals surface area (Å²) in [5.41, 5.74) is 5.84. The van der Waals surface area contributed by atoms with Crippen LogP contribution in [-0.4, -0.2) is 39.1 Å². The van der Waals surface area contributed by atoms with E-state index in [1.165, 1.54) is 11.1 Å². The number of hydrogen-bond acceptors (Lipinski definition) is 3. The molecule has 0 bridgehead atoms. The van der Waals surface area contributed by atoms with Gasteiger partial charge in [-0.25, -0.2) is 4.98 Å². The third-order valence-electron chi connectivity index (χ3n) is 6.13. The second kappa shape index (κ2) is 6.22. The van der Waals surface area contributed by atoms with Gasteiger partial charge in [-0.3, -0.25) is 4.90 Å². The van der Waals surface area contributed by atoms with Gasteiger partial charge in [-0.15, -0.1) is 0 Å². The Morgan fingerprint density at radius 1 is 1.19 bits per heavy atom. The molecule has 1 fully saturated rings. The molecule has 1 aliphatic carbocycles. The number of aromatic nitrogens is 2. The molecule has 3 unspecified atom stereocenters. The van der Waals surface area contributed by atoms with Crippen LogP contribution in [0.5, 0.6) is 0 Å². The Kier molecular flexibility index (Phi) is 3.84. The van der Waals surface area contributed by atoms with Crippen LogP contribution < -0.4 is 0 Å². The summed E-state index contributed by atoms with van der Waals surface area (Å²) in [4.78, 5) is 10.9. The number of aryl methyl sites for hydroxylation is 1. The summed E-state index contributed by atoms with van der Waals surface area (Å²) in [6, 6.07) is 14.9. The number of piperidine rings is 1. The second-order valence-corrected chi connectivity index (χ2v) is 7.89. The normalized spacial score (nSPS) is 26.3. The lowest BCUT2D eigenvalue weighted by Gasteiger charge is -2.37. The summed E-state index contributed by atoms with van der Waals surface area (Å²) < 4.78 is 0. The van der Waals surface area contributed by atoms with Crippen LogP contribution in [0.3, 0.4) is 0 Å². The van der Waals surface area contributed by atoms with Crippen molar-refractivity contribution in [1.29, 1.82) is 0 Å². The first-order valence-electron chi connectivity index (χ1n) is 9.65. The van der Waals surface area contributed by atoms with Gasteiger partial charge in [0.15, 0.2) is 0 Å². The van der Waals surface area contributed by atoms with Crippen molar-refractivity contribution in [3.63, 3.8) is 0 Å². The first-order valence-corrected chi connectivity index (χ1v) is 9.65. The fourth-order valence-corrected chi connectivity index (χ4v) is 4.75. The lowest BCUT2D eigenvalue weighted by atomic mass is 9.95. The smallest absolute Gasteiger partial charge is 0.111 e. The molecule has 2 heterocycles. The first-order chi connectivity index (χ1) is 12.7. The molecule has 1 aliphatic heterocycles. The number of imidazole rings is 1. The molecule has 0 radical (unpaired) electrons. The van der Waals surface area contributed by atoms with E-state index in [9.17, 15) is 5.11 Å². The van der Waals surface area contributed by atoms with Crippen molar-refractivity contribution in [3.8, 4) is 0 Å². The number of benzene rings is 2. The number of aromatic amines is 1. The van der Waals surface area contributed by atoms with E-state index >= 15 is 0 Å². The molecule has 2 aliphatic rings. The van der Waals surface area contributed by atoms with Gasteiger partial charge in [0.05, 0.1) is 17.1 Å². The van der Waals surface area contributed by atoms with E-state index in [-0.39, 0.29) is 12.1 Å². The zero-order valence-electron chi connectivity index (χ0n) is 15.2. The van der Waals surface area contributed by atoms with E-state index in [1.54, 1.807) is 0 Å². The van der Waals surface area contributed by atoms with Gasteiger partial charge in [-0.1, -0.05) is 30.3 Å². The van der Waals surface area contributed by atoms with Crippen molar-refractivity contribution in [3.05, 3.63) is 65.0 Å². The molecule has 1 aromatic heterocycles. The molecule has 4 nitrogen and oxygen atoms in total. The molecule has 0 saturated carbocycles. The Balaban J connectivity index is 1.38. The van der Waals surface area contributed by atoms with Crippen LogP contribution in [0.4, 0.5) is 0 Å². The predicted molar refractivity (Wildman–Crippen MR) is 103 cm³/mol. The lowest BCUT2D eigenvalue weighted by Crippen LogP contribution is -2.44. The van der Waals surface area contributed by atoms with Gasteiger partial charge in [0, 0.05) is 18.5 Å². The van der Waals surface area contributed by atoms with Crippen molar-refractivity contribution in [1.82, 2.24) is 14.9 Å². The average Bonchev–Trinajstić information content (AvgIpc) is 3.23. The van der Waals surface area contributed by atoms with Gasteiger partial charge in [-0.05, 0) is 61.6 Å². The molecule has 0 spiro atoms. The molecule has 3 aromatic rings. The summed E-state index contributed by atoms with van der Waals surface area (Å²) in [6.45, 7) is 4.14. The number of nitrogens with zero attached hydrogens (tertiary/aromatic N) is 2. The van der Waals surface area contributed by atoms with E-state index < -0.39 is 0 Å². The lowest BCUT2D eigenvalue weighted by molar-refractivity contribution is 0.0433. The van der Waals surface area contributed by atoms with Crippen LogP contribution >= 0.6 is 0 Å². The Hall–Kier alpha value is -2.17. The van der Waals surface area contributed by atoms with Gasteiger partial charge >= 0.3 is 0 Å². The fourth-order valence-electron chi connectivity index (χ4n) is 4.75. The minimum Gasteiger partial charge on any atom is -0.387 e. The predicted octanol–water partition coefficient (Wildman–Crippen LogP) is 3.71. The number of rotatable bonds is 2. The highest BCUT2D eigenvalue weighted by molar-refractivity contribution is 5.75. The molecular formula is C22H25N3O. The Labute approximate surface area is 153 Å². The van der Waals surface area contributed by atoms with E-state index in [0.29, 0.717) is 5.92 Å². The minimum atomic E-state index is -0.372. The monoisotopic (exact) mass is 347 g/mol. The average molecular weight is 347 g/mol. The Morgan fingerprint density at radius 2 is 2.08 bits per heavy atom. The third kappa shape index (κ3) is 2.65. The van der Waals surface area contributed by atoms with Crippen LogP contribution in [-0.2, 0) is 6.42 Å². The number of aliphatic hydroxyl groups excluding tert-OH is 1. The topological polar surface area (TPSA) is 52.1 Å². The van der Waals surface area contributed by atoms with Gasteiger partial charge in [0.1, 0.15) is 5.82 Å². The largest absolute Gasteiger partial charge is 0.387 e. The van der Waals surface area contributed by atoms with Crippen molar-refractivity contribution < 1.29 is 5.11 Å². The fraction of sp³-hybridized carbons (Fsp3) is 0.409. The molecule has 2 N–H and O–H groups in total. The number of likely N-dealkylation sites (tertiary alicyclic amines) is 1. The van der Waals surface area contributed by atoms with E-state index in [2.05, 4.69) is 53.2 Å². The number of nitrogens with one attached hydrogen (secondary N) is 1. The van der Waals surface area contributed by atoms with E-state index in [1.807, 2.05) is 6.07 Å². The Bertz CT molecular complexity index is 947. The highest BCUT2D eigenvalue weighted by Gasteiger charge is 2.37. The number of aliphatic hydroxyl groups is 1. The molecule has 1 saturated heterocycles. The summed E-state index contributed by atoms with van der Waals surface area (Å²) in [6.07, 6.45) is 2.89. The molecule has 4 heteroatoms. The van der Waals surface area contributed by atoms with Crippen LogP contribution in [0.2, 0.25) is 0 Å². The van der Waals surface area contributed by atoms with Gasteiger partial charge in [-0.2, -0.15) is 0 Å². The van der Waals surface area contributed by atoms with Crippen LogP contribution in [0.15, 0.2) is 42.5 Å². The van der Waals surface area contributed by atoms with Crippen LogP contribution in [0.1, 0.15) is 47.4 Å². The number of fused-ring (bicyclic) bond motifs is 2.